The summed E-state index contributed by atoms with van der Waals surface area (Å²) in [6.45, 7) is 2.79. The van der Waals surface area contributed by atoms with Crippen LogP contribution >= 0.6 is 0 Å². The molecule has 0 bridgehead atoms. The molecular formula is C28H32N4O3S. The SMILES string of the molecule is CCCS(=O)(=O)Nc1ccc2[nH]c(O)c(C(=Nc3ccc(CCN(C)C)cc3)c3ccccc3)c2c1. The summed E-state index contributed by atoms with van der Waals surface area (Å²) in [5.41, 5.74) is 5.05. The van der Waals surface area contributed by atoms with Gasteiger partial charge >= 0.3 is 0 Å². The first-order valence-electron chi connectivity index (χ1n) is 12.0. The molecule has 0 saturated heterocycles. The van der Waals surface area contributed by atoms with Crippen molar-refractivity contribution in [3.05, 3.63) is 89.5 Å². The monoisotopic (exact) mass is 504 g/mol. The molecule has 3 aromatic carbocycles. The predicted molar refractivity (Wildman–Crippen MR) is 148 cm³/mol. The maximum Gasteiger partial charge on any atom is 0.232 e. The topological polar surface area (TPSA) is 97.8 Å². The van der Waals surface area contributed by atoms with Crippen molar-refractivity contribution in [3.63, 3.8) is 0 Å². The van der Waals surface area contributed by atoms with Crippen molar-refractivity contribution in [3.8, 4) is 5.88 Å². The zero-order valence-corrected chi connectivity index (χ0v) is 21.6. The van der Waals surface area contributed by atoms with E-state index in [2.05, 4.69) is 40.8 Å². The fraction of sp³-hybridized carbons (Fsp3) is 0.250. The molecule has 0 atom stereocenters. The molecule has 0 saturated carbocycles. The van der Waals surface area contributed by atoms with Gasteiger partial charge < -0.3 is 15.0 Å². The average molecular weight is 505 g/mol. The fourth-order valence-electron chi connectivity index (χ4n) is 4.06. The highest BCUT2D eigenvalue weighted by Crippen LogP contribution is 2.33. The molecule has 1 heterocycles. The first-order chi connectivity index (χ1) is 17.3. The Hall–Kier alpha value is -3.62. The maximum atomic E-state index is 12.3. The van der Waals surface area contributed by atoms with E-state index >= 15 is 0 Å². The molecule has 0 radical (unpaired) electrons. The van der Waals surface area contributed by atoms with Gasteiger partial charge in [0.2, 0.25) is 10.0 Å². The van der Waals surface area contributed by atoms with Crippen molar-refractivity contribution in [1.82, 2.24) is 9.88 Å². The van der Waals surface area contributed by atoms with Crippen LogP contribution in [0.15, 0.2) is 77.8 Å². The summed E-state index contributed by atoms with van der Waals surface area (Å²) in [6.07, 6.45) is 1.47. The van der Waals surface area contributed by atoms with E-state index in [1.165, 1.54) is 5.56 Å². The fourth-order valence-corrected chi connectivity index (χ4v) is 5.19. The van der Waals surface area contributed by atoms with E-state index in [-0.39, 0.29) is 11.6 Å². The molecule has 8 heteroatoms. The maximum absolute atomic E-state index is 12.3. The highest BCUT2D eigenvalue weighted by molar-refractivity contribution is 7.92. The van der Waals surface area contributed by atoms with E-state index in [4.69, 9.17) is 4.99 Å². The van der Waals surface area contributed by atoms with Crippen LogP contribution in [-0.4, -0.2) is 55.5 Å². The van der Waals surface area contributed by atoms with E-state index < -0.39 is 10.0 Å². The summed E-state index contributed by atoms with van der Waals surface area (Å²) < 4.78 is 27.3. The number of likely N-dealkylation sites (N-methyl/N-ethyl adjacent to an activating group) is 1. The molecule has 4 rings (SSSR count). The first-order valence-corrected chi connectivity index (χ1v) is 13.6. The van der Waals surface area contributed by atoms with Crippen molar-refractivity contribution in [2.75, 3.05) is 31.1 Å². The summed E-state index contributed by atoms with van der Waals surface area (Å²) >= 11 is 0. The second kappa shape index (κ2) is 11.0. The van der Waals surface area contributed by atoms with E-state index in [9.17, 15) is 13.5 Å². The second-order valence-electron chi connectivity index (χ2n) is 9.08. The summed E-state index contributed by atoms with van der Waals surface area (Å²) in [6, 6.07) is 22.9. The number of aromatic nitrogens is 1. The van der Waals surface area contributed by atoms with E-state index in [1.54, 1.807) is 18.2 Å². The number of nitrogens with zero attached hydrogens (tertiary/aromatic N) is 2. The quantitative estimate of drug-likeness (QED) is 0.255. The number of fused-ring (bicyclic) bond motifs is 1. The summed E-state index contributed by atoms with van der Waals surface area (Å²) in [5, 5.41) is 11.6. The zero-order valence-electron chi connectivity index (χ0n) is 20.8. The Kier molecular flexibility index (Phi) is 7.76. The summed E-state index contributed by atoms with van der Waals surface area (Å²) in [7, 11) is 0.658. The average Bonchev–Trinajstić information content (AvgIpc) is 3.17. The van der Waals surface area contributed by atoms with Crippen LogP contribution in [0.3, 0.4) is 0 Å². The van der Waals surface area contributed by atoms with Gasteiger partial charge in [-0.2, -0.15) is 0 Å². The van der Waals surface area contributed by atoms with Crippen LogP contribution < -0.4 is 4.72 Å². The zero-order chi connectivity index (χ0) is 25.7. The van der Waals surface area contributed by atoms with Gasteiger partial charge in [0.15, 0.2) is 5.88 Å². The van der Waals surface area contributed by atoms with Gasteiger partial charge in [0, 0.05) is 28.7 Å². The number of benzene rings is 3. The van der Waals surface area contributed by atoms with Gasteiger partial charge in [-0.05, 0) is 62.8 Å². The predicted octanol–water partition coefficient (Wildman–Crippen LogP) is 5.30. The number of nitrogens with one attached hydrogen (secondary N) is 2. The van der Waals surface area contributed by atoms with Crippen LogP contribution in [0.2, 0.25) is 0 Å². The molecule has 3 N–H and O–H groups in total. The van der Waals surface area contributed by atoms with Gasteiger partial charge in [0.05, 0.1) is 22.7 Å². The number of hydrogen-bond donors (Lipinski definition) is 3. The van der Waals surface area contributed by atoms with Gasteiger partial charge in [0.25, 0.3) is 0 Å². The third-order valence-electron chi connectivity index (χ3n) is 5.83. The Bertz CT molecular complexity index is 1460. The third kappa shape index (κ3) is 6.13. The van der Waals surface area contributed by atoms with Crippen LogP contribution in [0.5, 0.6) is 5.88 Å². The van der Waals surface area contributed by atoms with Gasteiger partial charge in [0.1, 0.15) is 0 Å². The minimum absolute atomic E-state index is 0.0243. The van der Waals surface area contributed by atoms with Crippen molar-refractivity contribution in [2.45, 2.75) is 19.8 Å². The van der Waals surface area contributed by atoms with Crippen molar-refractivity contribution in [2.24, 2.45) is 4.99 Å². The molecule has 188 valence electrons. The van der Waals surface area contributed by atoms with Crippen molar-refractivity contribution in [1.29, 1.82) is 0 Å². The molecule has 0 aliphatic rings. The standard InChI is InChI=1S/C28H32N4O3S/c1-4-18-36(34,35)31-23-14-15-25-24(19-23)26(28(33)30-25)27(21-8-6-5-7-9-21)29-22-12-10-20(11-13-22)16-17-32(2)3/h5-15,19,30-31,33H,4,16-18H2,1-3H3. The Morgan fingerprint density at radius 1 is 1.03 bits per heavy atom. The lowest BCUT2D eigenvalue weighted by atomic mass is 10.0. The number of aromatic hydroxyl groups is 1. The van der Waals surface area contributed by atoms with Crippen LogP contribution in [0.25, 0.3) is 10.9 Å². The van der Waals surface area contributed by atoms with E-state index in [0.29, 0.717) is 34.3 Å². The number of sulfonamides is 1. The smallest absolute Gasteiger partial charge is 0.232 e. The second-order valence-corrected chi connectivity index (χ2v) is 10.9. The molecule has 0 aliphatic carbocycles. The van der Waals surface area contributed by atoms with E-state index in [1.807, 2.05) is 49.4 Å². The van der Waals surface area contributed by atoms with Gasteiger partial charge in [-0.25, -0.2) is 13.4 Å². The molecule has 1 aromatic heterocycles. The lowest BCUT2D eigenvalue weighted by Gasteiger charge is -2.11. The Balaban J connectivity index is 1.80. The van der Waals surface area contributed by atoms with Crippen LogP contribution in [-0.2, 0) is 16.4 Å². The molecule has 0 amide bonds. The number of H-pyrrole nitrogens is 1. The normalized spacial score (nSPS) is 12.4. The Morgan fingerprint density at radius 3 is 2.42 bits per heavy atom. The van der Waals surface area contributed by atoms with Crippen molar-refractivity contribution < 1.29 is 13.5 Å². The van der Waals surface area contributed by atoms with Gasteiger partial charge in [-0.3, -0.25) is 4.72 Å². The number of hydrogen-bond acceptors (Lipinski definition) is 5. The molecular weight excluding hydrogens is 472 g/mol. The molecule has 0 fully saturated rings. The molecule has 4 aromatic rings. The van der Waals surface area contributed by atoms with Crippen LogP contribution in [0, 0.1) is 0 Å². The van der Waals surface area contributed by atoms with Crippen molar-refractivity contribution >= 4 is 38.0 Å². The number of anilines is 1. The molecule has 0 unspecified atom stereocenters. The highest BCUT2D eigenvalue weighted by Gasteiger charge is 2.20. The van der Waals surface area contributed by atoms with Crippen LogP contribution in [0.4, 0.5) is 11.4 Å². The van der Waals surface area contributed by atoms with E-state index in [0.717, 1.165) is 24.2 Å². The number of aliphatic imine (C=N–C) groups is 1. The molecule has 0 aliphatic heterocycles. The number of rotatable bonds is 10. The molecule has 7 nitrogen and oxygen atoms in total. The van der Waals surface area contributed by atoms with Gasteiger partial charge in [-0.1, -0.05) is 49.4 Å². The third-order valence-corrected chi connectivity index (χ3v) is 7.33. The minimum atomic E-state index is -3.45. The summed E-state index contributed by atoms with van der Waals surface area (Å²) in [5.74, 6) is 0.0149. The number of aromatic amines is 1. The first kappa shape index (κ1) is 25.5. The van der Waals surface area contributed by atoms with Crippen LogP contribution in [0.1, 0.15) is 30.0 Å². The lowest BCUT2D eigenvalue weighted by molar-refractivity contribution is 0.413. The molecule has 0 spiro atoms. The Labute approximate surface area is 212 Å². The molecule has 36 heavy (non-hydrogen) atoms. The summed E-state index contributed by atoms with van der Waals surface area (Å²) in [4.78, 5) is 10.1. The lowest BCUT2D eigenvalue weighted by Crippen LogP contribution is -2.16. The van der Waals surface area contributed by atoms with Gasteiger partial charge in [-0.15, -0.1) is 0 Å². The Morgan fingerprint density at radius 2 is 1.75 bits per heavy atom. The highest BCUT2D eigenvalue weighted by atomic mass is 32.2. The largest absolute Gasteiger partial charge is 0.494 e. The minimum Gasteiger partial charge on any atom is -0.494 e.